The van der Waals surface area contributed by atoms with Crippen LogP contribution in [0.3, 0.4) is 0 Å². The Morgan fingerprint density at radius 3 is 2.36 bits per heavy atom. The van der Waals surface area contributed by atoms with E-state index in [0.717, 1.165) is 18.4 Å². The lowest BCUT2D eigenvalue weighted by Gasteiger charge is -2.27. The molecule has 0 amide bonds. The Kier molecular flexibility index (Phi) is 4.93. The van der Waals surface area contributed by atoms with Gasteiger partial charge in [0.1, 0.15) is 12.4 Å². The molecule has 0 heterocycles. The van der Waals surface area contributed by atoms with E-state index in [1.54, 1.807) is 6.07 Å². The lowest BCUT2D eigenvalue weighted by atomic mass is 9.78. The van der Waals surface area contributed by atoms with Crippen LogP contribution in [-0.4, -0.2) is 18.2 Å². The molecule has 2 aromatic carbocycles. The highest BCUT2D eigenvalue weighted by atomic mass is 19.1. The van der Waals surface area contributed by atoms with Crippen LogP contribution < -0.4 is 9.47 Å². The van der Waals surface area contributed by atoms with Crippen molar-refractivity contribution in [3.63, 3.8) is 0 Å². The molecule has 0 unspecified atom stereocenters. The van der Waals surface area contributed by atoms with Crippen molar-refractivity contribution in [3.8, 4) is 11.5 Å². The smallest absolute Gasteiger partial charge is 0.314 e. The zero-order valence-corrected chi connectivity index (χ0v) is 14.1. The van der Waals surface area contributed by atoms with Gasteiger partial charge >= 0.3 is 5.97 Å². The van der Waals surface area contributed by atoms with Crippen LogP contribution in [0.5, 0.6) is 11.5 Å². The summed E-state index contributed by atoms with van der Waals surface area (Å²) in [5.74, 6) is -1.34. The number of rotatable bonds is 6. The lowest BCUT2D eigenvalue weighted by Crippen LogP contribution is -2.34. The van der Waals surface area contributed by atoms with Crippen molar-refractivity contribution in [2.24, 2.45) is 0 Å². The van der Waals surface area contributed by atoms with E-state index >= 15 is 4.39 Å². The molecule has 1 aliphatic carbocycles. The predicted molar refractivity (Wildman–Crippen MR) is 91.5 cm³/mol. The molecule has 1 N–H and O–H groups in total. The van der Waals surface area contributed by atoms with E-state index in [1.807, 2.05) is 30.3 Å². The number of hydrogen-bond donors (Lipinski definition) is 1. The molecule has 0 radical (unpaired) electrons. The van der Waals surface area contributed by atoms with E-state index < -0.39 is 17.2 Å². The minimum absolute atomic E-state index is 0.0483. The number of hydrogen-bond acceptors (Lipinski definition) is 3. The maximum absolute atomic E-state index is 15.2. The van der Waals surface area contributed by atoms with Crippen LogP contribution >= 0.6 is 0 Å². The second-order valence-electron chi connectivity index (χ2n) is 6.32. The Labute approximate surface area is 146 Å². The topological polar surface area (TPSA) is 55.8 Å². The minimum atomic E-state index is -1.25. The van der Waals surface area contributed by atoms with Crippen LogP contribution in [0.1, 0.15) is 36.8 Å². The van der Waals surface area contributed by atoms with Gasteiger partial charge in [-0.05, 0) is 30.5 Å². The molecule has 5 heteroatoms. The first-order chi connectivity index (χ1) is 12.1. The van der Waals surface area contributed by atoms with Gasteiger partial charge in [-0.25, -0.2) is 4.39 Å². The fourth-order valence-corrected chi connectivity index (χ4v) is 3.55. The van der Waals surface area contributed by atoms with Crippen molar-refractivity contribution in [2.45, 2.75) is 37.7 Å². The number of benzene rings is 2. The van der Waals surface area contributed by atoms with Gasteiger partial charge in [0.15, 0.2) is 11.6 Å². The average Bonchev–Trinajstić information content (AvgIpc) is 3.12. The van der Waals surface area contributed by atoms with Gasteiger partial charge in [0, 0.05) is 0 Å². The Morgan fingerprint density at radius 2 is 1.76 bits per heavy atom. The summed E-state index contributed by atoms with van der Waals surface area (Å²) in [6.07, 6.45) is 2.31. The van der Waals surface area contributed by atoms with Crippen LogP contribution in [-0.2, 0) is 16.8 Å². The van der Waals surface area contributed by atoms with Crippen molar-refractivity contribution in [2.75, 3.05) is 7.11 Å². The Morgan fingerprint density at radius 1 is 1.12 bits per heavy atom. The van der Waals surface area contributed by atoms with Gasteiger partial charge < -0.3 is 14.6 Å². The molecule has 0 aliphatic heterocycles. The second-order valence-corrected chi connectivity index (χ2v) is 6.32. The molecule has 0 atom stereocenters. The van der Waals surface area contributed by atoms with Gasteiger partial charge in [-0.15, -0.1) is 0 Å². The van der Waals surface area contributed by atoms with Gasteiger partial charge in [0.2, 0.25) is 0 Å². The molecule has 0 saturated heterocycles. The molecule has 4 nitrogen and oxygen atoms in total. The van der Waals surface area contributed by atoms with E-state index in [2.05, 4.69) is 0 Å². The quantitative estimate of drug-likeness (QED) is 0.848. The third kappa shape index (κ3) is 3.18. The minimum Gasteiger partial charge on any atom is -0.496 e. The molecule has 0 aromatic heterocycles. The third-order valence-electron chi connectivity index (χ3n) is 4.87. The Balaban J connectivity index is 1.98. The molecule has 1 aliphatic rings. The maximum atomic E-state index is 15.2. The number of carboxylic acid groups (broad SMARTS) is 1. The van der Waals surface area contributed by atoms with Crippen molar-refractivity contribution in [1.29, 1.82) is 0 Å². The summed E-state index contributed by atoms with van der Waals surface area (Å²) >= 11 is 0. The fourth-order valence-electron chi connectivity index (χ4n) is 3.55. The second kappa shape index (κ2) is 7.13. The van der Waals surface area contributed by atoms with Gasteiger partial charge in [-0.3, -0.25) is 4.79 Å². The first kappa shape index (κ1) is 17.3. The van der Waals surface area contributed by atoms with Gasteiger partial charge in [0.25, 0.3) is 0 Å². The molecule has 0 spiro atoms. The molecular weight excluding hydrogens is 323 g/mol. The molecular formula is C20H21FO4. The summed E-state index contributed by atoms with van der Waals surface area (Å²) in [6.45, 7) is 0.212. The molecule has 132 valence electrons. The Hall–Kier alpha value is -2.56. The van der Waals surface area contributed by atoms with Crippen molar-refractivity contribution < 1.29 is 23.8 Å². The van der Waals surface area contributed by atoms with Crippen LogP contribution in [0.2, 0.25) is 0 Å². The van der Waals surface area contributed by atoms with Crippen LogP contribution in [0.4, 0.5) is 4.39 Å². The molecule has 2 aromatic rings. The predicted octanol–water partition coefficient (Wildman–Crippen LogP) is 4.31. The first-order valence-corrected chi connectivity index (χ1v) is 8.35. The largest absolute Gasteiger partial charge is 0.496 e. The number of carbonyl (C=O) groups is 1. The van der Waals surface area contributed by atoms with E-state index in [4.69, 9.17) is 9.47 Å². The fraction of sp³-hybridized carbons (Fsp3) is 0.350. The molecule has 25 heavy (non-hydrogen) atoms. The maximum Gasteiger partial charge on any atom is 0.314 e. The van der Waals surface area contributed by atoms with E-state index in [0.29, 0.717) is 12.8 Å². The first-order valence-electron chi connectivity index (χ1n) is 8.35. The number of methoxy groups -OCH3 is 1. The van der Waals surface area contributed by atoms with Crippen LogP contribution in [0, 0.1) is 5.82 Å². The summed E-state index contributed by atoms with van der Waals surface area (Å²) in [5.41, 5.74) is -0.236. The molecule has 1 fully saturated rings. The zero-order valence-electron chi connectivity index (χ0n) is 14.1. The lowest BCUT2D eigenvalue weighted by molar-refractivity contribution is -0.143. The molecule has 0 bridgehead atoms. The number of halogens is 1. The number of aliphatic carboxylic acids is 1. The summed E-state index contributed by atoms with van der Waals surface area (Å²) in [7, 11) is 1.42. The molecule has 3 rings (SSSR count). The molecule has 1 saturated carbocycles. The highest BCUT2D eigenvalue weighted by Crippen LogP contribution is 2.47. The van der Waals surface area contributed by atoms with Crippen molar-refractivity contribution in [3.05, 3.63) is 59.4 Å². The van der Waals surface area contributed by atoms with E-state index in [1.165, 1.54) is 13.2 Å². The van der Waals surface area contributed by atoms with Crippen molar-refractivity contribution >= 4 is 5.97 Å². The highest BCUT2D eigenvalue weighted by molar-refractivity contribution is 5.83. The van der Waals surface area contributed by atoms with Crippen LogP contribution in [0.15, 0.2) is 42.5 Å². The van der Waals surface area contributed by atoms with E-state index in [9.17, 15) is 9.90 Å². The summed E-state index contributed by atoms with van der Waals surface area (Å²) < 4.78 is 26.1. The zero-order chi connectivity index (χ0) is 17.9. The third-order valence-corrected chi connectivity index (χ3v) is 4.87. The normalized spacial score (nSPS) is 15.8. The number of carboxylic acids is 1. The number of ether oxygens (including phenoxy) is 2. The SMILES string of the molecule is COc1ccc(OCc2ccccc2)c(F)c1C1(C(=O)O)CCCC1. The van der Waals surface area contributed by atoms with Gasteiger partial charge in [-0.2, -0.15) is 0 Å². The van der Waals surface area contributed by atoms with E-state index in [-0.39, 0.29) is 23.7 Å². The van der Waals surface area contributed by atoms with Crippen molar-refractivity contribution in [1.82, 2.24) is 0 Å². The average molecular weight is 344 g/mol. The summed E-state index contributed by atoms with van der Waals surface area (Å²) in [4.78, 5) is 12.0. The van der Waals surface area contributed by atoms with Gasteiger partial charge in [-0.1, -0.05) is 43.2 Å². The Bertz CT molecular complexity index is 752. The highest BCUT2D eigenvalue weighted by Gasteiger charge is 2.47. The summed E-state index contributed by atoms with van der Waals surface area (Å²) in [5, 5.41) is 9.80. The van der Waals surface area contributed by atoms with Gasteiger partial charge in [0.05, 0.1) is 18.1 Å². The standard InChI is InChI=1S/C20H21FO4/c1-24-15-9-10-16(25-13-14-7-3-2-4-8-14)18(21)17(15)20(19(22)23)11-5-6-12-20/h2-4,7-10H,5-6,11-13H2,1H3,(H,22,23). The monoisotopic (exact) mass is 344 g/mol. The summed E-state index contributed by atoms with van der Waals surface area (Å²) in [6, 6.07) is 12.5. The van der Waals surface area contributed by atoms with Crippen LogP contribution in [0.25, 0.3) is 0 Å².